The van der Waals surface area contributed by atoms with Crippen molar-refractivity contribution in [3.8, 4) is 6.07 Å². The highest BCUT2D eigenvalue weighted by Crippen LogP contribution is 2.26. The first-order valence-electron chi connectivity index (χ1n) is 10.8. The molecular formula is C25H25FN6O2S. The predicted octanol–water partition coefficient (Wildman–Crippen LogP) is 5.53. The van der Waals surface area contributed by atoms with Gasteiger partial charge >= 0.3 is 0 Å². The van der Waals surface area contributed by atoms with Crippen molar-refractivity contribution in [1.29, 1.82) is 5.26 Å². The molecule has 10 heteroatoms. The van der Waals surface area contributed by atoms with Gasteiger partial charge in [-0.2, -0.15) is 5.26 Å². The monoisotopic (exact) mass is 492 g/mol. The third-order valence-corrected chi connectivity index (χ3v) is 5.95. The van der Waals surface area contributed by atoms with E-state index in [9.17, 15) is 14.3 Å². The van der Waals surface area contributed by atoms with Crippen molar-refractivity contribution < 1.29 is 14.3 Å². The number of nitrogens with zero attached hydrogens (tertiary/aromatic N) is 4. The van der Waals surface area contributed by atoms with Gasteiger partial charge in [-0.25, -0.2) is 14.4 Å². The summed E-state index contributed by atoms with van der Waals surface area (Å²) in [7, 11) is 0. The number of hydrogen-bond donors (Lipinski definition) is 3. The molecule has 1 atom stereocenters. The Morgan fingerprint density at radius 1 is 1.31 bits per heavy atom. The highest BCUT2D eigenvalue weighted by Gasteiger charge is 2.12. The van der Waals surface area contributed by atoms with Gasteiger partial charge in [-0.15, -0.1) is 11.3 Å². The molecule has 35 heavy (non-hydrogen) atoms. The fourth-order valence-electron chi connectivity index (χ4n) is 3.05. The number of thiazole rings is 1. The van der Waals surface area contributed by atoms with Crippen molar-refractivity contribution in [2.24, 2.45) is 4.99 Å². The minimum Gasteiger partial charge on any atom is -0.387 e. The molecular weight excluding hydrogens is 467 g/mol. The first-order chi connectivity index (χ1) is 16.7. The molecule has 2 aromatic heterocycles. The van der Waals surface area contributed by atoms with Crippen LogP contribution < -0.4 is 10.6 Å². The van der Waals surface area contributed by atoms with E-state index in [1.807, 2.05) is 32.2 Å². The summed E-state index contributed by atoms with van der Waals surface area (Å²) in [4.78, 5) is 25.8. The second-order valence-corrected chi connectivity index (χ2v) is 8.56. The molecule has 1 aromatic carbocycles. The number of amides is 1. The predicted molar refractivity (Wildman–Crippen MR) is 136 cm³/mol. The lowest BCUT2D eigenvalue weighted by atomic mass is 10.1. The normalized spacial score (nSPS) is 13.0. The Hall–Kier alpha value is -3.94. The van der Waals surface area contributed by atoms with Gasteiger partial charge in [0.2, 0.25) is 0 Å². The summed E-state index contributed by atoms with van der Waals surface area (Å²) in [5.74, 6) is -0.722. The van der Waals surface area contributed by atoms with E-state index < -0.39 is 17.8 Å². The number of aliphatic imine (C=N–C) groups is 1. The molecule has 0 spiro atoms. The number of hydrogen-bond acceptors (Lipinski definition) is 8. The van der Waals surface area contributed by atoms with Crippen molar-refractivity contribution in [2.45, 2.75) is 40.2 Å². The zero-order valence-electron chi connectivity index (χ0n) is 19.8. The van der Waals surface area contributed by atoms with Crippen LogP contribution >= 0.6 is 11.3 Å². The summed E-state index contributed by atoms with van der Waals surface area (Å²) in [5.41, 5.74) is 3.56. The van der Waals surface area contributed by atoms with E-state index in [2.05, 4.69) is 25.6 Å². The molecule has 1 unspecified atom stereocenters. The molecule has 0 bridgehead atoms. The fraction of sp³-hybridized carbons (Fsp3) is 0.240. The van der Waals surface area contributed by atoms with Crippen LogP contribution in [0.1, 0.15) is 55.7 Å². The molecule has 2 heterocycles. The Labute approximate surface area is 206 Å². The number of carbonyl (C=O) groups is 1. The Kier molecular flexibility index (Phi) is 8.41. The van der Waals surface area contributed by atoms with E-state index in [4.69, 9.17) is 5.26 Å². The molecule has 0 aliphatic rings. The van der Waals surface area contributed by atoms with Crippen LogP contribution in [0.5, 0.6) is 0 Å². The lowest BCUT2D eigenvalue weighted by Gasteiger charge is -2.08. The van der Waals surface area contributed by atoms with Gasteiger partial charge in [0.25, 0.3) is 5.91 Å². The number of pyridine rings is 1. The number of aliphatic hydroxyl groups excluding tert-OH is 1. The Bertz CT molecular complexity index is 1320. The van der Waals surface area contributed by atoms with Crippen LogP contribution in [0, 0.1) is 17.1 Å². The van der Waals surface area contributed by atoms with E-state index >= 15 is 0 Å². The average molecular weight is 493 g/mol. The molecule has 0 aliphatic carbocycles. The molecule has 0 radical (unpaired) electrons. The smallest absolute Gasteiger partial charge is 0.257 e. The van der Waals surface area contributed by atoms with Crippen LogP contribution in [0.4, 0.5) is 21.0 Å². The number of nitriles is 1. The molecule has 0 saturated carbocycles. The second-order valence-electron chi connectivity index (χ2n) is 7.70. The number of halogens is 1. The maximum absolute atomic E-state index is 14.0. The van der Waals surface area contributed by atoms with Crippen LogP contribution in [0.2, 0.25) is 0 Å². The summed E-state index contributed by atoms with van der Waals surface area (Å²) in [6, 6.07) is 8.85. The van der Waals surface area contributed by atoms with Crippen molar-refractivity contribution in [1.82, 2.24) is 9.97 Å². The molecule has 0 fully saturated rings. The van der Waals surface area contributed by atoms with Gasteiger partial charge in [-0.3, -0.25) is 9.79 Å². The molecule has 3 rings (SSSR count). The molecule has 0 aliphatic heterocycles. The van der Waals surface area contributed by atoms with E-state index in [0.29, 0.717) is 23.1 Å². The highest BCUT2D eigenvalue weighted by molar-refractivity contribution is 7.13. The Morgan fingerprint density at radius 2 is 2.09 bits per heavy atom. The lowest BCUT2D eigenvalue weighted by molar-refractivity contribution is 0.102. The molecule has 180 valence electrons. The number of allylic oxidation sites excluding steroid dienone is 2. The minimum atomic E-state index is -0.690. The van der Waals surface area contributed by atoms with E-state index in [-0.39, 0.29) is 16.8 Å². The van der Waals surface area contributed by atoms with E-state index in [1.165, 1.54) is 29.7 Å². The van der Waals surface area contributed by atoms with Gasteiger partial charge in [0.1, 0.15) is 11.6 Å². The quantitative estimate of drug-likeness (QED) is 0.355. The van der Waals surface area contributed by atoms with Crippen LogP contribution in [-0.4, -0.2) is 32.8 Å². The summed E-state index contributed by atoms with van der Waals surface area (Å²) in [5, 5.41) is 26.7. The zero-order chi connectivity index (χ0) is 25.5. The highest BCUT2D eigenvalue weighted by atomic mass is 32.1. The van der Waals surface area contributed by atoms with Crippen molar-refractivity contribution in [2.75, 3.05) is 10.6 Å². The van der Waals surface area contributed by atoms with Gasteiger partial charge in [-0.1, -0.05) is 6.92 Å². The maximum Gasteiger partial charge on any atom is 0.257 e. The molecule has 0 saturated heterocycles. The summed E-state index contributed by atoms with van der Waals surface area (Å²) in [6.07, 6.45) is 1.43. The number of nitrogens with one attached hydrogen (secondary N) is 2. The largest absolute Gasteiger partial charge is 0.387 e. The molecule has 8 nitrogen and oxygen atoms in total. The van der Waals surface area contributed by atoms with Crippen LogP contribution in [-0.2, 0) is 0 Å². The van der Waals surface area contributed by atoms with Gasteiger partial charge in [-0.05, 0) is 63.1 Å². The van der Waals surface area contributed by atoms with Crippen molar-refractivity contribution in [3.05, 3.63) is 70.2 Å². The summed E-state index contributed by atoms with van der Waals surface area (Å²) < 4.78 is 14.0. The zero-order valence-corrected chi connectivity index (χ0v) is 20.6. The Balaban J connectivity index is 1.68. The van der Waals surface area contributed by atoms with Crippen LogP contribution in [0.15, 0.2) is 52.6 Å². The fourth-order valence-corrected chi connectivity index (χ4v) is 3.82. The van der Waals surface area contributed by atoms with Crippen molar-refractivity contribution in [3.63, 3.8) is 0 Å². The number of aromatic nitrogens is 2. The van der Waals surface area contributed by atoms with Crippen LogP contribution in [0.25, 0.3) is 5.57 Å². The second kappa shape index (κ2) is 11.5. The molecule has 3 N–H and O–H groups in total. The maximum atomic E-state index is 14.0. The van der Waals surface area contributed by atoms with Gasteiger partial charge in [0.05, 0.1) is 34.7 Å². The number of benzene rings is 1. The number of carbonyl (C=O) groups excluding carboxylic acids is 1. The molecule has 3 aromatic rings. The lowest BCUT2D eigenvalue weighted by Crippen LogP contribution is -2.15. The third-order valence-electron chi connectivity index (χ3n) is 5.19. The minimum absolute atomic E-state index is 0.0194. The standard InChI is InChI=1S/C25H25FN6O2S/c1-5-20(16(4)33)29-15(3)14(2)22-13-35-25(31-22)32-23-9-7-18(12-28-23)24(34)30-21-8-6-17(11-27)10-19(21)26/h6-10,12-13,16,33H,5H2,1-4H3,(H,30,34)(H,28,31,32)/b15-14+,29-20?. The first-order valence-corrected chi connectivity index (χ1v) is 11.7. The average Bonchev–Trinajstić information content (AvgIpc) is 3.31. The first kappa shape index (κ1) is 25.7. The van der Waals surface area contributed by atoms with E-state index in [1.54, 1.807) is 19.1 Å². The SMILES string of the molecule is CCC(=N/C(C)=C(\C)c1csc(Nc2ccc(C(=O)Nc3ccc(C#N)cc3F)cn2)n1)C(C)O. The third kappa shape index (κ3) is 6.56. The summed E-state index contributed by atoms with van der Waals surface area (Å²) in [6.45, 7) is 7.46. The topological polar surface area (TPSA) is 123 Å². The summed E-state index contributed by atoms with van der Waals surface area (Å²) >= 11 is 1.40. The van der Waals surface area contributed by atoms with Gasteiger partial charge < -0.3 is 15.7 Å². The van der Waals surface area contributed by atoms with E-state index in [0.717, 1.165) is 23.0 Å². The van der Waals surface area contributed by atoms with Crippen LogP contribution in [0.3, 0.4) is 0 Å². The van der Waals surface area contributed by atoms with Crippen molar-refractivity contribution >= 4 is 45.2 Å². The number of aliphatic hydroxyl groups is 1. The Morgan fingerprint density at radius 3 is 2.69 bits per heavy atom. The van der Waals surface area contributed by atoms with Gasteiger partial charge in [0.15, 0.2) is 5.13 Å². The number of anilines is 3. The number of rotatable bonds is 8. The molecule has 1 amide bonds. The van der Waals surface area contributed by atoms with Gasteiger partial charge in [0, 0.05) is 23.0 Å².